The number of fused-ring (bicyclic) bond motifs is 6. The summed E-state index contributed by atoms with van der Waals surface area (Å²) in [7, 11) is 0. The SMILES string of the molecule is [C-]#[N+]c1ccc(-n2c3ccc(-c4ccccc4)cc3c3cc(-c4ccccc4)ccc32)c(-c2ccc(-c3c(C)cccc3C(F)(F)F)cc2-n2c3ccc(-c4ccccc4)cc3c3cc(-c4ccccc4)ccc32)c1. The number of benzene rings is 11. The Morgan fingerprint density at radius 3 is 1.15 bits per heavy atom. The van der Waals surface area contributed by atoms with Gasteiger partial charge in [0.2, 0.25) is 0 Å². The average Bonchev–Trinajstić information content (AvgIpc) is 4.03. The van der Waals surface area contributed by atoms with Crippen LogP contribution >= 0.6 is 0 Å². The van der Waals surface area contributed by atoms with E-state index in [9.17, 15) is 0 Å². The van der Waals surface area contributed by atoms with Crippen LogP contribution in [0, 0.1) is 13.5 Å². The van der Waals surface area contributed by atoms with Gasteiger partial charge >= 0.3 is 6.18 Å². The maximum Gasteiger partial charge on any atom is 0.417 e. The molecule has 0 bridgehead atoms. The molecule has 0 aliphatic carbocycles. The van der Waals surface area contributed by atoms with Gasteiger partial charge in [0.25, 0.3) is 0 Å². The minimum Gasteiger partial charge on any atom is -0.309 e. The van der Waals surface area contributed by atoms with E-state index in [2.05, 4.69) is 160 Å². The second-order valence-electron chi connectivity index (χ2n) is 19.1. The lowest BCUT2D eigenvalue weighted by atomic mass is 9.91. The van der Waals surface area contributed by atoms with E-state index in [1.165, 1.54) is 12.1 Å². The molecular formula is C69H44F3N3. The molecule has 0 unspecified atom stereocenters. The fraction of sp³-hybridized carbons (Fsp3) is 0.0290. The van der Waals surface area contributed by atoms with Crippen molar-refractivity contribution < 1.29 is 13.2 Å². The van der Waals surface area contributed by atoms with Crippen LogP contribution in [0.2, 0.25) is 0 Å². The molecule has 0 fully saturated rings. The highest BCUT2D eigenvalue weighted by Crippen LogP contribution is 2.47. The molecule has 0 N–H and O–H groups in total. The van der Waals surface area contributed by atoms with Gasteiger partial charge in [-0.15, -0.1) is 0 Å². The van der Waals surface area contributed by atoms with Gasteiger partial charge in [0, 0.05) is 27.1 Å². The van der Waals surface area contributed by atoms with Crippen molar-refractivity contribution in [2.24, 2.45) is 0 Å². The minimum atomic E-state index is -4.61. The summed E-state index contributed by atoms with van der Waals surface area (Å²) in [4.78, 5) is 3.99. The molecule has 0 aliphatic rings. The van der Waals surface area contributed by atoms with Crippen molar-refractivity contribution in [3.8, 4) is 78.1 Å². The first-order valence-electron chi connectivity index (χ1n) is 24.9. The Bertz CT molecular complexity index is 4200. The van der Waals surface area contributed by atoms with E-state index in [1.807, 2.05) is 84.9 Å². The third kappa shape index (κ3) is 7.85. The Hall–Kier alpha value is -9.70. The fourth-order valence-corrected chi connectivity index (χ4v) is 11.2. The maximum absolute atomic E-state index is 15.2. The van der Waals surface area contributed by atoms with Crippen molar-refractivity contribution in [2.75, 3.05) is 0 Å². The number of halogens is 3. The Balaban J connectivity index is 1.13. The van der Waals surface area contributed by atoms with Crippen LogP contribution in [0.3, 0.4) is 0 Å². The summed E-state index contributed by atoms with van der Waals surface area (Å²) in [5.41, 5.74) is 16.1. The fourth-order valence-electron chi connectivity index (χ4n) is 11.2. The lowest BCUT2D eigenvalue weighted by Crippen LogP contribution is -2.08. The summed E-state index contributed by atoms with van der Waals surface area (Å²) in [6, 6.07) is 83.3. The van der Waals surface area contributed by atoms with Crippen LogP contribution in [0.25, 0.3) is 127 Å². The monoisotopic (exact) mass is 971 g/mol. The second kappa shape index (κ2) is 18.1. The molecule has 0 radical (unpaired) electrons. The summed E-state index contributed by atoms with van der Waals surface area (Å²) in [5, 5.41) is 4.11. The Labute approximate surface area is 432 Å². The molecule has 13 aromatic rings. The highest BCUT2D eigenvalue weighted by Gasteiger charge is 2.34. The molecule has 0 saturated carbocycles. The number of hydrogen-bond donors (Lipinski definition) is 0. The van der Waals surface area contributed by atoms with Gasteiger partial charge in [0.1, 0.15) is 0 Å². The Morgan fingerprint density at radius 2 is 0.747 bits per heavy atom. The summed E-state index contributed by atoms with van der Waals surface area (Å²) >= 11 is 0. The molecule has 6 heteroatoms. The molecule has 0 spiro atoms. The minimum absolute atomic E-state index is 0.122. The van der Waals surface area contributed by atoms with Crippen molar-refractivity contribution in [3.63, 3.8) is 0 Å². The van der Waals surface area contributed by atoms with Crippen molar-refractivity contribution >= 4 is 49.3 Å². The van der Waals surface area contributed by atoms with E-state index in [0.29, 0.717) is 22.5 Å². The van der Waals surface area contributed by atoms with Crippen molar-refractivity contribution in [1.29, 1.82) is 0 Å². The van der Waals surface area contributed by atoms with E-state index in [1.54, 1.807) is 13.0 Å². The molecule has 13 rings (SSSR count). The van der Waals surface area contributed by atoms with Crippen LogP contribution in [0.1, 0.15) is 11.1 Å². The van der Waals surface area contributed by atoms with Gasteiger partial charge < -0.3 is 9.13 Å². The van der Waals surface area contributed by atoms with Crippen molar-refractivity contribution in [2.45, 2.75) is 13.1 Å². The van der Waals surface area contributed by atoms with Crippen LogP contribution in [0.5, 0.6) is 0 Å². The van der Waals surface area contributed by atoms with E-state index in [4.69, 9.17) is 6.57 Å². The topological polar surface area (TPSA) is 14.2 Å². The summed E-state index contributed by atoms with van der Waals surface area (Å²) in [6.45, 7) is 10.1. The Morgan fingerprint density at radius 1 is 0.347 bits per heavy atom. The molecule has 356 valence electrons. The summed E-state index contributed by atoms with van der Waals surface area (Å²) in [5.74, 6) is 0. The summed E-state index contributed by atoms with van der Waals surface area (Å²) in [6.07, 6.45) is -4.61. The molecule has 0 amide bonds. The number of hydrogen-bond acceptors (Lipinski definition) is 0. The van der Waals surface area contributed by atoms with Gasteiger partial charge in [0.15, 0.2) is 5.69 Å². The first kappa shape index (κ1) is 45.2. The molecular weight excluding hydrogens is 928 g/mol. The van der Waals surface area contributed by atoms with Gasteiger partial charge in [-0.25, -0.2) is 4.85 Å². The highest BCUT2D eigenvalue weighted by atomic mass is 19.4. The van der Waals surface area contributed by atoms with Crippen LogP contribution in [-0.4, -0.2) is 9.13 Å². The van der Waals surface area contributed by atoms with Crippen molar-refractivity contribution in [3.05, 3.63) is 271 Å². The maximum atomic E-state index is 15.2. The number of aromatic nitrogens is 2. The zero-order valence-electron chi connectivity index (χ0n) is 40.6. The molecule has 3 nitrogen and oxygen atoms in total. The highest BCUT2D eigenvalue weighted by molar-refractivity contribution is 6.14. The molecule has 2 heterocycles. The van der Waals surface area contributed by atoms with Crippen LogP contribution < -0.4 is 0 Å². The molecule has 0 aliphatic heterocycles. The second-order valence-corrected chi connectivity index (χ2v) is 19.1. The van der Waals surface area contributed by atoms with Gasteiger partial charge in [-0.05, 0) is 146 Å². The van der Waals surface area contributed by atoms with Crippen LogP contribution in [-0.2, 0) is 6.18 Å². The molecule has 0 atom stereocenters. The predicted molar refractivity (Wildman–Crippen MR) is 304 cm³/mol. The van der Waals surface area contributed by atoms with Gasteiger partial charge in [-0.2, -0.15) is 13.2 Å². The van der Waals surface area contributed by atoms with Gasteiger partial charge in [-0.3, -0.25) is 0 Å². The third-order valence-electron chi connectivity index (χ3n) is 14.7. The average molecular weight is 972 g/mol. The van der Waals surface area contributed by atoms with E-state index >= 15 is 13.2 Å². The lowest BCUT2D eigenvalue weighted by Gasteiger charge is -2.22. The lowest BCUT2D eigenvalue weighted by molar-refractivity contribution is -0.137. The molecule has 0 saturated heterocycles. The molecule has 2 aromatic heterocycles. The normalized spacial score (nSPS) is 11.7. The van der Waals surface area contributed by atoms with E-state index < -0.39 is 11.7 Å². The molecule has 11 aromatic carbocycles. The van der Waals surface area contributed by atoms with Crippen LogP contribution in [0.15, 0.2) is 249 Å². The van der Waals surface area contributed by atoms with Crippen molar-refractivity contribution in [1.82, 2.24) is 9.13 Å². The summed E-state index contributed by atoms with van der Waals surface area (Å²) < 4.78 is 50.0. The van der Waals surface area contributed by atoms with E-state index in [0.717, 1.165) is 105 Å². The number of rotatable bonds is 8. The third-order valence-corrected chi connectivity index (χ3v) is 14.7. The smallest absolute Gasteiger partial charge is 0.309 e. The quantitative estimate of drug-likeness (QED) is 0.135. The first-order chi connectivity index (χ1) is 36.7. The number of aryl methyl sites for hydroxylation is 1. The van der Waals surface area contributed by atoms with Gasteiger partial charge in [-0.1, -0.05) is 176 Å². The number of nitrogens with zero attached hydrogens (tertiary/aromatic N) is 3. The van der Waals surface area contributed by atoms with Crippen LogP contribution in [0.4, 0.5) is 18.9 Å². The van der Waals surface area contributed by atoms with Gasteiger partial charge in [0.05, 0.1) is 45.6 Å². The molecule has 75 heavy (non-hydrogen) atoms. The predicted octanol–water partition coefficient (Wildman–Crippen LogP) is 19.8. The largest absolute Gasteiger partial charge is 0.417 e. The van der Waals surface area contributed by atoms with E-state index in [-0.39, 0.29) is 5.56 Å². The Kier molecular flexibility index (Phi) is 10.9. The zero-order chi connectivity index (χ0) is 50.8. The standard InChI is InChI=1S/C69H44F3N3/c1-44-16-15-25-61(69(70,71)72)68(44)53-26-32-55(67(42-53)75-64-35-29-51(47-21-11-5-12-22-47)40-58(64)59-41-52(30-36-65(59)75)48-23-13-6-14-24-48)60-43-54(73-2)31-37-66(60)74-62-33-27-49(45-17-7-3-8-18-45)38-56(62)57-39-50(28-34-63(57)74)46-19-9-4-10-20-46/h3-43H,1H3. The number of alkyl halides is 3. The zero-order valence-corrected chi connectivity index (χ0v) is 40.6. The first-order valence-corrected chi connectivity index (χ1v) is 24.9.